The number of fused-ring (bicyclic) bond motifs is 12. The Hall–Kier alpha value is -0.240. The predicted octanol–water partition coefficient (Wildman–Crippen LogP) is 5.18. The van der Waals surface area contributed by atoms with Gasteiger partial charge in [-0.25, -0.2) is 0 Å². The van der Waals surface area contributed by atoms with E-state index in [0.29, 0.717) is 29.1 Å². The van der Waals surface area contributed by atoms with Gasteiger partial charge in [0, 0.05) is 72.1 Å². The van der Waals surface area contributed by atoms with Crippen LogP contribution in [-0.4, -0.2) is 102 Å². The maximum absolute atomic E-state index is 4.65. The van der Waals surface area contributed by atoms with E-state index in [2.05, 4.69) is 30.7 Å². The summed E-state index contributed by atoms with van der Waals surface area (Å²) in [6, 6.07) is 5.62. The smallest absolute Gasteiger partial charge is 0.0646 e. The lowest BCUT2D eigenvalue weighted by Crippen LogP contribution is -2.82. The highest BCUT2D eigenvalue weighted by atomic mass is 15.4. The summed E-state index contributed by atoms with van der Waals surface area (Å²) in [6.45, 7) is 8.21. The molecule has 15 atom stereocenters. The fraction of sp³-hybridized carbons (Fsp3) is 1.00. The molecule has 3 N–H and O–H groups in total. The lowest BCUT2D eigenvalue weighted by molar-refractivity contribution is -0.211. The van der Waals surface area contributed by atoms with Crippen LogP contribution in [0.25, 0.3) is 0 Å². The van der Waals surface area contributed by atoms with Crippen molar-refractivity contribution in [3.05, 3.63) is 0 Å². The van der Waals surface area contributed by atoms with Gasteiger partial charge in [-0.2, -0.15) is 0 Å². The van der Waals surface area contributed by atoms with Gasteiger partial charge in [0.2, 0.25) is 0 Å². The van der Waals surface area contributed by atoms with Gasteiger partial charge in [-0.15, -0.1) is 0 Å². The van der Waals surface area contributed by atoms with Gasteiger partial charge in [-0.1, -0.05) is 19.3 Å². The third-order valence-electron chi connectivity index (χ3n) is 17.7. The van der Waals surface area contributed by atoms with Gasteiger partial charge >= 0.3 is 0 Å². The summed E-state index contributed by atoms with van der Waals surface area (Å²) >= 11 is 0. The summed E-state index contributed by atoms with van der Waals surface area (Å²) < 4.78 is 0. The SMILES string of the molecule is C1CN[C@@H]2[C@@H](C1)C[C@@H]1C[C@@]2([C@H]2CCC[C@H](C3CC[C@@H]4N[C@H]3N3CCC[C@H]5C[C@@H]6C[C@]4(CN4CCCC[C@H]64)[C@@H]53)N2)CN2CCCC[C@H]12. The average Bonchev–Trinajstić information content (AvgIpc) is 3.11. The van der Waals surface area contributed by atoms with Gasteiger partial charge in [-0.3, -0.25) is 20.0 Å². The van der Waals surface area contributed by atoms with Crippen molar-refractivity contribution in [2.75, 3.05) is 39.3 Å². The second kappa shape index (κ2) is 11.1. The maximum atomic E-state index is 4.65. The molecule has 1 spiro atoms. The van der Waals surface area contributed by atoms with Gasteiger partial charge < -0.3 is 10.6 Å². The van der Waals surface area contributed by atoms with Gasteiger partial charge in [0.25, 0.3) is 0 Å². The molecule has 0 amide bonds. The highest BCUT2D eigenvalue weighted by Crippen LogP contribution is 2.61. The zero-order valence-electron chi connectivity index (χ0n) is 29.0. The van der Waals surface area contributed by atoms with E-state index in [1.165, 1.54) is 148 Å². The Kier molecular flexibility index (Phi) is 7.13. The lowest BCUT2D eigenvalue weighted by Gasteiger charge is -2.72. The Morgan fingerprint density at radius 2 is 1.28 bits per heavy atom. The zero-order valence-corrected chi connectivity index (χ0v) is 29.0. The normalized spacial score (nSPS) is 57.0. The van der Waals surface area contributed by atoms with E-state index in [4.69, 9.17) is 0 Å². The Morgan fingerprint density at radius 3 is 2.13 bits per heavy atom. The second-order valence-corrected chi connectivity index (χ2v) is 19.5. The van der Waals surface area contributed by atoms with E-state index in [1.807, 2.05) is 0 Å². The standard InChI is InChI=1S/C40H66N6/c1-3-17-44-24-39(22-28(32(44)11-1)20-26-8-6-16-41-36(26)39)34-13-5-10-31(42-34)30-14-15-35-40-23-29(33-12-2-4-18-45(33)25-40)21-27-9-7-19-46(37(27)40)38(30)43-35/h26-38,41-43H,1-25H2/t26-,27-,28+,29+,30?,31+,32+,33+,34+,35-,36+,37+,38-,39-,40+/m0/s1. The third kappa shape index (κ3) is 4.22. The van der Waals surface area contributed by atoms with E-state index in [-0.39, 0.29) is 0 Å². The molecule has 9 aliphatic heterocycles. The van der Waals surface area contributed by atoms with Crippen LogP contribution in [0.4, 0.5) is 0 Å². The quantitative estimate of drug-likeness (QED) is 0.391. The average molecular weight is 631 g/mol. The van der Waals surface area contributed by atoms with E-state index in [9.17, 15) is 0 Å². The van der Waals surface area contributed by atoms with Gasteiger partial charge in [-0.05, 0) is 153 Å². The Bertz CT molecular complexity index is 1160. The highest BCUT2D eigenvalue weighted by Gasteiger charge is 2.66. The molecule has 11 rings (SSSR count). The molecule has 256 valence electrons. The summed E-state index contributed by atoms with van der Waals surface area (Å²) in [6.07, 6.45) is 28.7. The van der Waals surface area contributed by atoms with Crippen molar-refractivity contribution >= 4 is 0 Å². The second-order valence-electron chi connectivity index (χ2n) is 19.5. The molecule has 46 heavy (non-hydrogen) atoms. The summed E-state index contributed by atoms with van der Waals surface area (Å²) in [5.74, 6) is 4.64. The Morgan fingerprint density at radius 1 is 0.543 bits per heavy atom. The Labute approximate surface area is 280 Å². The van der Waals surface area contributed by atoms with Crippen LogP contribution in [0.3, 0.4) is 0 Å². The number of nitrogens with zero attached hydrogens (tertiary/aromatic N) is 3. The first-order valence-electron chi connectivity index (χ1n) is 21.2. The minimum absolute atomic E-state index is 0.448. The van der Waals surface area contributed by atoms with Crippen LogP contribution in [0.1, 0.15) is 122 Å². The van der Waals surface area contributed by atoms with Crippen molar-refractivity contribution in [2.45, 2.75) is 170 Å². The van der Waals surface area contributed by atoms with Gasteiger partial charge in [0.15, 0.2) is 0 Å². The summed E-state index contributed by atoms with van der Waals surface area (Å²) in [7, 11) is 0. The first kappa shape index (κ1) is 29.5. The molecule has 0 aromatic rings. The molecule has 2 aliphatic carbocycles. The molecule has 9 saturated heterocycles. The molecule has 6 bridgehead atoms. The number of piperidine rings is 8. The minimum atomic E-state index is 0.448. The summed E-state index contributed by atoms with van der Waals surface area (Å²) in [5.41, 5.74) is 0.972. The van der Waals surface area contributed by atoms with Crippen molar-refractivity contribution in [3.63, 3.8) is 0 Å². The maximum Gasteiger partial charge on any atom is 0.0646 e. The first-order chi connectivity index (χ1) is 22.7. The van der Waals surface area contributed by atoms with Gasteiger partial charge in [0.05, 0.1) is 6.17 Å². The first-order valence-corrected chi connectivity index (χ1v) is 21.2. The van der Waals surface area contributed by atoms with Crippen LogP contribution in [0, 0.1) is 40.4 Å². The van der Waals surface area contributed by atoms with Crippen LogP contribution in [0.2, 0.25) is 0 Å². The molecule has 6 heteroatoms. The highest BCUT2D eigenvalue weighted by molar-refractivity contribution is 5.20. The van der Waals surface area contributed by atoms with E-state index in [1.54, 1.807) is 12.8 Å². The molecule has 0 radical (unpaired) electrons. The third-order valence-corrected chi connectivity index (χ3v) is 17.7. The largest absolute Gasteiger partial charge is 0.313 e. The van der Waals surface area contributed by atoms with Crippen molar-refractivity contribution < 1.29 is 0 Å². The molecule has 6 nitrogen and oxygen atoms in total. The number of rotatable bonds is 2. The topological polar surface area (TPSA) is 45.8 Å². The van der Waals surface area contributed by atoms with Crippen LogP contribution in [0.5, 0.6) is 0 Å². The van der Waals surface area contributed by atoms with Crippen LogP contribution in [-0.2, 0) is 0 Å². The van der Waals surface area contributed by atoms with E-state index < -0.39 is 0 Å². The molecule has 11 aliphatic rings. The predicted molar refractivity (Wildman–Crippen MR) is 184 cm³/mol. The molecule has 9 heterocycles. The van der Waals surface area contributed by atoms with Crippen molar-refractivity contribution in [1.82, 2.24) is 30.7 Å². The molecule has 1 unspecified atom stereocenters. The Balaban J connectivity index is 0.883. The lowest BCUT2D eigenvalue weighted by atomic mass is 9.50. The monoisotopic (exact) mass is 631 g/mol. The van der Waals surface area contributed by atoms with Crippen molar-refractivity contribution in [3.8, 4) is 0 Å². The number of hydrogen-bond acceptors (Lipinski definition) is 6. The molecular formula is C40H66N6. The minimum Gasteiger partial charge on any atom is -0.313 e. The van der Waals surface area contributed by atoms with E-state index >= 15 is 0 Å². The fourth-order valence-electron chi connectivity index (χ4n) is 16.5. The van der Waals surface area contributed by atoms with Crippen molar-refractivity contribution in [2.24, 2.45) is 40.4 Å². The van der Waals surface area contributed by atoms with Crippen LogP contribution < -0.4 is 16.0 Å². The summed E-state index contributed by atoms with van der Waals surface area (Å²) in [4.78, 5) is 9.26. The van der Waals surface area contributed by atoms with Crippen LogP contribution in [0.15, 0.2) is 0 Å². The summed E-state index contributed by atoms with van der Waals surface area (Å²) in [5, 5.41) is 13.5. The number of nitrogens with one attached hydrogen (secondary N) is 3. The molecule has 2 saturated carbocycles. The van der Waals surface area contributed by atoms with Crippen molar-refractivity contribution in [1.29, 1.82) is 0 Å². The van der Waals surface area contributed by atoms with Gasteiger partial charge in [0.1, 0.15) is 0 Å². The zero-order chi connectivity index (χ0) is 30.0. The molecular weight excluding hydrogens is 564 g/mol. The fourth-order valence-corrected chi connectivity index (χ4v) is 16.5. The van der Waals surface area contributed by atoms with Crippen LogP contribution >= 0.6 is 0 Å². The van der Waals surface area contributed by atoms with E-state index in [0.717, 1.165) is 59.8 Å². The molecule has 0 aromatic heterocycles. The number of hydrogen-bond donors (Lipinski definition) is 3. The molecule has 11 fully saturated rings. The molecule has 0 aromatic carbocycles.